The molecule has 0 atom stereocenters. The molecule has 30 heavy (non-hydrogen) atoms. The number of nitrogens with zero attached hydrogens (tertiary/aromatic N) is 3. The quantitative estimate of drug-likeness (QED) is 0.269. The van der Waals surface area contributed by atoms with Crippen molar-refractivity contribution in [1.29, 1.82) is 0 Å². The predicted octanol–water partition coefficient (Wildman–Crippen LogP) is 5.15. The number of hydrogen-bond acceptors (Lipinski definition) is 4. The van der Waals surface area contributed by atoms with Gasteiger partial charge in [0, 0.05) is 16.8 Å². The van der Waals surface area contributed by atoms with E-state index in [0.717, 1.165) is 28.5 Å². The molecule has 2 heterocycles. The van der Waals surface area contributed by atoms with Gasteiger partial charge in [-0.2, -0.15) is 22.7 Å². The Labute approximate surface area is 167 Å². The van der Waals surface area contributed by atoms with Crippen LogP contribution in [0.25, 0.3) is 10.9 Å². The summed E-state index contributed by atoms with van der Waals surface area (Å²) in [6, 6.07) is 11.7. The molecule has 2 aromatic carbocycles. The van der Waals surface area contributed by atoms with Gasteiger partial charge in [-0.05, 0) is 48.5 Å². The van der Waals surface area contributed by atoms with Crippen LogP contribution in [0, 0.1) is 5.95 Å². The zero-order chi connectivity index (χ0) is 21.3. The van der Waals surface area contributed by atoms with Gasteiger partial charge < -0.3 is 5.32 Å². The molecule has 2 N–H and O–H groups in total. The number of amides is 1. The first-order valence-electron chi connectivity index (χ1n) is 8.63. The molecule has 6 nitrogen and oxygen atoms in total. The van der Waals surface area contributed by atoms with Gasteiger partial charge >= 0.3 is 6.18 Å². The number of anilines is 4. The summed E-state index contributed by atoms with van der Waals surface area (Å²) in [6.45, 7) is 0. The summed E-state index contributed by atoms with van der Waals surface area (Å²) in [6.07, 6.45) is -2.60. The first-order chi connectivity index (χ1) is 14.3. The van der Waals surface area contributed by atoms with E-state index in [1.54, 1.807) is 24.4 Å². The van der Waals surface area contributed by atoms with Crippen LogP contribution in [0.1, 0.15) is 5.56 Å². The molecule has 1 amide bonds. The van der Waals surface area contributed by atoms with Crippen molar-refractivity contribution in [1.82, 2.24) is 15.2 Å². The van der Waals surface area contributed by atoms with Crippen LogP contribution in [0.3, 0.4) is 0 Å². The second kappa shape index (κ2) is 7.47. The highest BCUT2D eigenvalue weighted by Crippen LogP contribution is 2.36. The molecule has 0 aliphatic carbocycles. The summed E-state index contributed by atoms with van der Waals surface area (Å²) >= 11 is 0. The first kappa shape index (κ1) is 19.4. The highest BCUT2D eigenvalue weighted by atomic mass is 19.4. The molecule has 4 aromatic rings. The van der Waals surface area contributed by atoms with E-state index < -0.39 is 17.7 Å². The molecule has 0 radical (unpaired) electrons. The molecule has 0 saturated heterocycles. The van der Waals surface area contributed by atoms with Crippen molar-refractivity contribution in [2.45, 2.75) is 6.18 Å². The van der Waals surface area contributed by atoms with E-state index in [4.69, 9.17) is 0 Å². The van der Waals surface area contributed by atoms with Crippen LogP contribution in [0.15, 0.2) is 60.8 Å². The van der Waals surface area contributed by atoms with Crippen molar-refractivity contribution in [3.8, 4) is 0 Å². The number of carbonyl (C=O) groups is 1. The number of halogens is 4. The monoisotopic (exact) mass is 415 g/mol. The lowest BCUT2D eigenvalue weighted by Crippen LogP contribution is -2.17. The second-order valence-corrected chi connectivity index (χ2v) is 6.32. The highest BCUT2D eigenvalue weighted by molar-refractivity contribution is 5.92. The van der Waals surface area contributed by atoms with Crippen molar-refractivity contribution in [2.24, 2.45) is 0 Å². The zero-order valence-corrected chi connectivity index (χ0v) is 15.1. The lowest BCUT2D eigenvalue weighted by molar-refractivity contribution is -0.137. The Morgan fingerprint density at radius 3 is 2.67 bits per heavy atom. The van der Waals surface area contributed by atoms with Crippen LogP contribution in [0.5, 0.6) is 0 Å². The fraction of sp³-hybridized carbons (Fsp3) is 0.0500. The van der Waals surface area contributed by atoms with Crippen LogP contribution in [0.4, 0.5) is 40.4 Å². The molecule has 0 spiro atoms. The number of rotatable bonds is 5. The number of alkyl halides is 3. The normalized spacial score (nSPS) is 11.5. The minimum Gasteiger partial charge on any atom is -0.338 e. The first-order valence-corrected chi connectivity index (χ1v) is 8.63. The van der Waals surface area contributed by atoms with Gasteiger partial charge in [-0.3, -0.25) is 14.8 Å². The van der Waals surface area contributed by atoms with Crippen molar-refractivity contribution in [2.75, 3.05) is 10.2 Å². The summed E-state index contributed by atoms with van der Waals surface area (Å²) in [5.41, 5.74) is 0.348. The van der Waals surface area contributed by atoms with Crippen LogP contribution >= 0.6 is 0 Å². The van der Waals surface area contributed by atoms with E-state index in [0.29, 0.717) is 17.6 Å². The Morgan fingerprint density at radius 1 is 1.07 bits per heavy atom. The SMILES string of the molecule is O=CN(c1cccc(C(F)(F)F)c1)c1ccc(F)nc1Nc1ccc2cn[nH]c2c1. The predicted molar refractivity (Wildman–Crippen MR) is 103 cm³/mol. The Kier molecular flexibility index (Phi) is 4.82. The summed E-state index contributed by atoms with van der Waals surface area (Å²) in [5.74, 6) is -0.864. The van der Waals surface area contributed by atoms with E-state index in [9.17, 15) is 22.4 Å². The summed E-state index contributed by atoms with van der Waals surface area (Å²) < 4.78 is 53.0. The second-order valence-electron chi connectivity index (χ2n) is 6.32. The van der Waals surface area contributed by atoms with E-state index in [-0.39, 0.29) is 17.2 Å². The minimum absolute atomic E-state index is 0.0414. The Balaban J connectivity index is 1.75. The Hall–Kier alpha value is -3.95. The number of aromatic nitrogens is 3. The summed E-state index contributed by atoms with van der Waals surface area (Å²) in [5, 5.41) is 10.5. The largest absolute Gasteiger partial charge is 0.416 e. The van der Waals surface area contributed by atoms with Crippen LogP contribution < -0.4 is 10.2 Å². The zero-order valence-electron chi connectivity index (χ0n) is 15.1. The maximum Gasteiger partial charge on any atom is 0.416 e. The maximum atomic E-state index is 13.8. The van der Waals surface area contributed by atoms with Crippen LogP contribution in [-0.2, 0) is 11.0 Å². The number of carbonyl (C=O) groups excluding carboxylic acids is 1. The number of benzene rings is 2. The molecule has 0 unspecified atom stereocenters. The molecular formula is C20H13F4N5O. The standard InChI is InChI=1S/C20H13F4N5O/c21-18-7-6-17(29(11-30)15-3-1-2-13(8-15)20(22,23)24)19(27-18)26-14-5-4-12-10-25-28-16(12)9-14/h1-11H,(H,25,28)(H,26,27). The van der Waals surface area contributed by atoms with Gasteiger partial charge in [0.1, 0.15) is 0 Å². The van der Waals surface area contributed by atoms with E-state index in [1.165, 1.54) is 18.2 Å². The van der Waals surface area contributed by atoms with Gasteiger partial charge in [0.05, 0.1) is 23.0 Å². The van der Waals surface area contributed by atoms with Gasteiger partial charge in [0.15, 0.2) is 5.82 Å². The number of fused-ring (bicyclic) bond motifs is 1. The summed E-state index contributed by atoms with van der Waals surface area (Å²) in [7, 11) is 0. The molecule has 10 heteroatoms. The minimum atomic E-state index is -4.58. The average molecular weight is 415 g/mol. The average Bonchev–Trinajstić information content (AvgIpc) is 3.17. The third-order valence-electron chi connectivity index (χ3n) is 4.36. The van der Waals surface area contributed by atoms with Crippen molar-refractivity contribution in [3.05, 3.63) is 72.3 Å². The third-order valence-corrected chi connectivity index (χ3v) is 4.36. The van der Waals surface area contributed by atoms with E-state index in [2.05, 4.69) is 20.5 Å². The van der Waals surface area contributed by atoms with Gasteiger partial charge in [0.2, 0.25) is 12.4 Å². The molecule has 0 saturated carbocycles. The Bertz CT molecular complexity index is 1220. The van der Waals surface area contributed by atoms with E-state index >= 15 is 0 Å². The van der Waals surface area contributed by atoms with Gasteiger partial charge in [-0.15, -0.1) is 0 Å². The topological polar surface area (TPSA) is 73.9 Å². The molecule has 0 aliphatic rings. The smallest absolute Gasteiger partial charge is 0.338 e. The van der Waals surface area contributed by atoms with Gasteiger partial charge in [0.25, 0.3) is 0 Å². The maximum absolute atomic E-state index is 13.8. The molecular weight excluding hydrogens is 402 g/mol. The number of hydrogen-bond donors (Lipinski definition) is 2. The molecule has 0 bridgehead atoms. The van der Waals surface area contributed by atoms with Gasteiger partial charge in [-0.1, -0.05) is 6.07 Å². The Morgan fingerprint density at radius 2 is 1.90 bits per heavy atom. The molecule has 4 rings (SSSR count). The number of H-pyrrole nitrogens is 1. The van der Waals surface area contributed by atoms with Crippen molar-refractivity contribution >= 4 is 40.2 Å². The molecule has 2 aromatic heterocycles. The lowest BCUT2D eigenvalue weighted by atomic mass is 10.1. The summed E-state index contributed by atoms with van der Waals surface area (Å²) in [4.78, 5) is 16.5. The van der Waals surface area contributed by atoms with Crippen LogP contribution in [0.2, 0.25) is 0 Å². The van der Waals surface area contributed by atoms with Gasteiger partial charge in [-0.25, -0.2) is 4.98 Å². The molecule has 152 valence electrons. The van der Waals surface area contributed by atoms with E-state index in [1.807, 2.05) is 0 Å². The fourth-order valence-electron chi connectivity index (χ4n) is 2.95. The number of pyridine rings is 1. The molecule has 0 aliphatic heterocycles. The van der Waals surface area contributed by atoms with Crippen LogP contribution in [-0.4, -0.2) is 21.6 Å². The van der Waals surface area contributed by atoms with Crippen molar-refractivity contribution < 1.29 is 22.4 Å². The highest BCUT2D eigenvalue weighted by Gasteiger charge is 2.31. The number of aromatic amines is 1. The van der Waals surface area contributed by atoms with Crippen molar-refractivity contribution in [3.63, 3.8) is 0 Å². The third kappa shape index (κ3) is 3.79. The fourth-order valence-corrected chi connectivity index (χ4v) is 2.95. The number of nitrogens with one attached hydrogen (secondary N) is 2. The molecule has 0 fully saturated rings. The lowest BCUT2D eigenvalue weighted by Gasteiger charge is -2.22.